The van der Waals surface area contributed by atoms with E-state index in [0.717, 1.165) is 17.7 Å². The maximum atomic E-state index is 12.2. The number of carbonyl (C=O) groups is 2. The monoisotopic (exact) mass is 368 g/mol. The smallest absolute Gasteiger partial charge is 0.279 e. The van der Waals surface area contributed by atoms with Gasteiger partial charge in [-0.15, -0.1) is 0 Å². The molecule has 1 aliphatic carbocycles. The van der Waals surface area contributed by atoms with Gasteiger partial charge >= 0.3 is 0 Å². The van der Waals surface area contributed by atoms with Crippen molar-refractivity contribution in [1.82, 2.24) is 10.9 Å². The van der Waals surface area contributed by atoms with Crippen molar-refractivity contribution in [3.05, 3.63) is 60.2 Å². The van der Waals surface area contributed by atoms with Crippen molar-refractivity contribution >= 4 is 11.8 Å². The Balaban J connectivity index is 1.43. The molecule has 6 nitrogen and oxygen atoms in total. The van der Waals surface area contributed by atoms with Crippen LogP contribution >= 0.6 is 0 Å². The number of benzene rings is 2. The molecule has 27 heavy (non-hydrogen) atoms. The Kier molecular flexibility index (Phi) is 5.96. The van der Waals surface area contributed by atoms with Gasteiger partial charge in [0.2, 0.25) is 5.91 Å². The zero-order valence-corrected chi connectivity index (χ0v) is 15.5. The average molecular weight is 368 g/mol. The molecule has 0 radical (unpaired) electrons. The molecule has 3 unspecified atom stereocenters. The molecular formula is C21H24N2O4. The molecule has 3 atom stereocenters. The number of hydrazine groups is 1. The topological polar surface area (TPSA) is 76.7 Å². The minimum Gasteiger partial charge on any atom is -0.494 e. The van der Waals surface area contributed by atoms with Crippen molar-refractivity contribution in [3.8, 4) is 11.5 Å². The standard InChI is InChI=1S/C21H24N2O4/c1-3-26-16-9-11-17(12-10-16)27-14(2)20(24)22-23-21(25)19-13-18(19)15-7-5-4-6-8-15/h4-12,14,18-19H,3,13H2,1-2H3,(H,22,24)(H,23,25). The van der Waals surface area contributed by atoms with Crippen LogP contribution in [0.15, 0.2) is 54.6 Å². The van der Waals surface area contributed by atoms with Crippen LogP contribution in [0, 0.1) is 5.92 Å². The third-order valence-electron chi connectivity index (χ3n) is 4.48. The molecule has 2 amide bonds. The van der Waals surface area contributed by atoms with Crippen LogP contribution in [0.1, 0.15) is 31.7 Å². The van der Waals surface area contributed by atoms with E-state index in [0.29, 0.717) is 12.4 Å². The number of hydrogen-bond donors (Lipinski definition) is 2. The highest BCUT2D eigenvalue weighted by atomic mass is 16.5. The molecule has 0 saturated heterocycles. The van der Waals surface area contributed by atoms with Gasteiger partial charge in [-0.05, 0) is 56.0 Å². The Morgan fingerprint density at radius 1 is 1.04 bits per heavy atom. The molecular weight excluding hydrogens is 344 g/mol. The van der Waals surface area contributed by atoms with Crippen molar-refractivity contribution in [1.29, 1.82) is 0 Å². The van der Waals surface area contributed by atoms with Gasteiger partial charge in [0.15, 0.2) is 6.10 Å². The van der Waals surface area contributed by atoms with E-state index in [1.54, 1.807) is 31.2 Å². The number of hydrogen-bond acceptors (Lipinski definition) is 4. The van der Waals surface area contributed by atoms with Crippen LogP contribution in [-0.4, -0.2) is 24.5 Å². The molecule has 0 bridgehead atoms. The summed E-state index contributed by atoms with van der Waals surface area (Å²) in [7, 11) is 0. The Hall–Kier alpha value is -3.02. The molecule has 1 saturated carbocycles. The van der Waals surface area contributed by atoms with E-state index in [2.05, 4.69) is 10.9 Å². The summed E-state index contributed by atoms with van der Waals surface area (Å²) in [5.41, 5.74) is 6.09. The van der Waals surface area contributed by atoms with Gasteiger partial charge in [-0.3, -0.25) is 20.4 Å². The van der Waals surface area contributed by atoms with E-state index >= 15 is 0 Å². The summed E-state index contributed by atoms with van der Waals surface area (Å²) < 4.78 is 11.0. The van der Waals surface area contributed by atoms with Crippen LogP contribution in [0.2, 0.25) is 0 Å². The van der Waals surface area contributed by atoms with Crippen molar-refractivity contribution < 1.29 is 19.1 Å². The Labute approximate surface area is 158 Å². The van der Waals surface area contributed by atoms with Crippen molar-refractivity contribution in [2.45, 2.75) is 32.3 Å². The van der Waals surface area contributed by atoms with E-state index in [-0.39, 0.29) is 17.7 Å². The Morgan fingerprint density at radius 3 is 2.37 bits per heavy atom. The first-order valence-electron chi connectivity index (χ1n) is 9.12. The fraction of sp³-hybridized carbons (Fsp3) is 0.333. The largest absolute Gasteiger partial charge is 0.494 e. The molecule has 2 aromatic rings. The Morgan fingerprint density at radius 2 is 1.70 bits per heavy atom. The van der Waals surface area contributed by atoms with Gasteiger partial charge in [-0.1, -0.05) is 30.3 Å². The van der Waals surface area contributed by atoms with Crippen molar-refractivity contribution in [2.24, 2.45) is 5.92 Å². The highest BCUT2D eigenvalue weighted by Gasteiger charge is 2.44. The molecule has 3 rings (SSSR count). The summed E-state index contributed by atoms with van der Waals surface area (Å²) in [6.45, 7) is 4.13. The first-order valence-corrected chi connectivity index (χ1v) is 9.12. The maximum Gasteiger partial charge on any atom is 0.279 e. The van der Waals surface area contributed by atoms with Crippen molar-refractivity contribution in [2.75, 3.05) is 6.61 Å². The van der Waals surface area contributed by atoms with Gasteiger partial charge in [0.05, 0.1) is 6.61 Å². The summed E-state index contributed by atoms with van der Waals surface area (Å²) in [4.78, 5) is 24.3. The predicted molar refractivity (Wildman–Crippen MR) is 101 cm³/mol. The third kappa shape index (κ3) is 5.00. The number of carbonyl (C=O) groups excluding carboxylic acids is 2. The summed E-state index contributed by atoms with van der Waals surface area (Å²) in [6.07, 6.45) is 0.0524. The average Bonchev–Trinajstić information content (AvgIpc) is 3.49. The fourth-order valence-corrected chi connectivity index (χ4v) is 2.91. The lowest BCUT2D eigenvalue weighted by molar-refractivity contribution is -0.133. The van der Waals surface area contributed by atoms with Crippen LogP contribution in [0.4, 0.5) is 0 Å². The quantitative estimate of drug-likeness (QED) is 0.737. The second kappa shape index (κ2) is 8.58. The normalized spacial score (nSPS) is 18.9. The van der Waals surface area contributed by atoms with Gasteiger partial charge < -0.3 is 9.47 Å². The van der Waals surface area contributed by atoms with Crippen molar-refractivity contribution in [3.63, 3.8) is 0 Å². The molecule has 1 fully saturated rings. The van der Waals surface area contributed by atoms with E-state index < -0.39 is 12.0 Å². The fourth-order valence-electron chi connectivity index (χ4n) is 2.91. The number of ether oxygens (including phenoxy) is 2. The molecule has 0 spiro atoms. The van der Waals surface area contributed by atoms with Crippen LogP contribution < -0.4 is 20.3 Å². The first kappa shape index (κ1) is 18.8. The minimum absolute atomic E-state index is 0.102. The van der Waals surface area contributed by atoms with Gasteiger partial charge in [0.25, 0.3) is 5.91 Å². The van der Waals surface area contributed by atoms with E-state index in [1.807, 2.05) is 37.3 Å². The molecule has 1 aliphatic rings. The molecule has 6 heteroatoms. The highest BCUT2D eigenvalue weighted by Crippen LogP contribution is 2.47. The Bertz CT molecular complexity index is 777. The summed E-state index contributed by atoms with van der Waals surface area (Å²) >= 11 is 0. The molecule has 2 N–H and O–H groups in total. The van der Waals surface area contributed by atoms with Gasteiger partial charge in [0, 0.05) is 5.92 Å². The summed E-state index contributed by atoms with van der Waals surface area (Å²) in [5.74, 6) is 0.834. The highest BCUT2D eigenvalue weighted by molar-refractivity contribution is 5.87. The number of amides is 2. The first-order chi connectivity index (χ1) is 13.1. The zero-order chi connectivity index (χ0) is 19.2. The van der Waals surface area contributed by atoms with Crippen LogP contribution in [0.5, 0.6) is 11.5 Å². The maximum absolute atomic E-state index is 12.2. The lowest BCUT2D eigenvalue weighted by Gasteiger charge is -2.15. The predicted octanol–water partition coefficient (Wildman–Crippen LogP) is 2.80. The van der Waals surface area contributed by atoms with E-state index in [9.17, 15) is 9.59 Å². The number of rotatable bonds is 7. The lowest BCUT2D eigenvalue weighted by atomic mass is 10.1. The second-order valence-corrected chi connectivity index (χ2v) is 6.50. The molecule has 2 aromatic carbocycles. The van der Waals surface area contributed by atoms with Crippen LogP contribution in [0.3, 0.4) is 0 Å². The zero-order valence-electron chi connectivity index (χ0n) is 15.5. The minimum atomic E-state index is -0.743. The van der Waals surface area contributed by atoms with Gasteiger partial charge in [0.1, 0.15) is 11.5 Å². The molecule has 142 valence electrons. The molecule has 0 aromatic heterocycles. The van der Waals surface area contributed by atoms with Crippen LogP contribution in [0.25, 0.3) is 0 Å². The van der Waals surface area contributed by atoms with E-state index in [1.165, 1.54) is 0 Å². The van der Waals surface area contributed by atoms with Gasteiger partial charge in [-0.25, -0.2) is 0 Å². The lowest BCUT2D eigenvalue weighted by Crippen LogP contribution is -2.47. The second-order valence-electron chi connectivity index (χ2n) is 6.50. The summed E-state index contributed by atoms with van der Waals surface area (Å²) in [6, 6.07) is 16.9. The third-order valence-corrected chi connectivity index (χ3v) is 4.48. The number of nitrogens with one attached hydrogen (secondary N) is 2. The van der Waals surface area contributed by atoms with Crippen LogP contribution in [-0.2, 0) is 9.59 Å². The molecule has 0 aliphatic heterocycles. The summed E-state index contributed by atoms with van der Waals surface area (Å²) in [5, 5.41) is 0. The van der Waals surface area contributed by atoms with E-state index in [4.69, 9.17) is 9.47 Å². The van der Waals surface area contributed by atoms with Gasteiger partial charge in [-0.2, -0.15) is 0 Å². The molecule has 0 heterocycles. The SMILES string of the molecule is CCOc1ccc(OC(C)C(=O)NNC(=O)C2CC2c2ccccc2)cc1.